The topological polar surface area (TPSA) is 35.5 Å². The minimum Gasteiger partial charge on any atom is -0.390 e. The summed E-state index contributed by atoms with van der Waals surface area (Å²) in [6.07, 6.45) is 3.17. The van der Waals surface area contributed by atoms with E-state index in [1.807, 2.05) is 0 Å². The van der Waals surface area contributed by atoms with Gasteiger partial charge in [-0.1, -0.05) is 25.1 Å². The third-order valence-corrected chi connectivity index (χ3v) is 3.44. The molecule has 0 spiro atoms. The van der Waals surface area contributed by atoms with Crippen molar-refractivity contribution < 1.29 is 5.11 Å². The molecule has 100 valence electrons. The average molecular weight is 248 g/mol. The molecule has 1 unspecified atom stereocenters. The molecule has 0 saturated carbocycles. The molecule has 0 saturated heterocycles. The van der Waals surface area contributed by atoms with Crippen LogP contribution in [-0.2, 0) is 6.42 Å². The predicted octanol–water partition coefficient (Wildman–Crippen LogP) is 1.80. The zero-order valence-corrected chi connectivity index (χ0v) is 11.2. The largest absolute Gasteiger partial charge is 0.390 e. The first-order chi connectivity index (χ1) is 8.81. The SMILES string of the molecule is CCCNCC(O)CN1CCCc2ccccc21. The van der Waals surface area contributed by atoms with Crippen LogP contribution in [-0.4, -0.2) is 37.4 Å². The van der Waals surface area contributed by atoms with Crippen LogP contribution in [0, 0.1) is 0 Å². The summed E-state index contributed by atoms with van der Waals surface area (Å²) in [5, 5.41) is 13.3. The van der Waals surface area contributed by atoms with Gasteiger partial charge < -0.3 is 15.3 Å². The van der Waals surface area contributed by atoms with Crippen molar-refractivity contribution in [2.75, 3.05) is 31.1 Å². The Morgan fingerprint density at radius 3 is 3.06 bits per heavy atom. The number of hydrogen-bond acceptors (Lipinski definition) is 3. The van der Waals surface area contributed by atoms with E-state index in [0.717, 1.165) is 32.5 Å². The highest BCUT2D eigenvalue weighted by Gasteiger charge is 2.18. The zero-order valence-electron chi connectivity index (χ0n) is 11.2. The first kappa shape index (κ1) is 13.4. The second-order valence-corrected chi connectivity index (χ2v) is 5.04. The number of para-hydroxylation sites is 1. The molecular formula is C15H24N2O. The third-order valence-electron chi connectivity index (χ3n) is 3.44. The van der Waals surface area contributed by atoms with E-state index in [1.54, 1.807) is 0 Å². The van der Waals surface area contributed by atoms with Gasteiger partial charge in [0.2, 0.25) is 0 Å². The molecule has 1 aliphatic heterocycles. The number of nitrogens with one attached hydrogen (secondary N) is 1. The molecule has 3 heteroatoms. The monoisotopic (exact) mass is 248 g/mol. The maximum atomic E-state index is 10.0. The highest BCUT2D eigenvalue weighted by molar-refractivity contribution is 5.55. The first-order valence-electron chi connectivity index (χ1n) is 7.03. The lowest BCUT2D eigenvalue weighted by Gasteiger charge is -2.32. The van der Waals surface area contributed by atoms with Crippen molar-refractivity contribution in [3.63, 3.8) is 0 Å². The highest BCUT2D eigenvalue weighted by Crippen LogP contribution is 2.26. The number of aliphatic hydroxyl groups is 1. The summed E-state index contributed by atoms with van der Waals surface area (Å²) in [4.78, 5) is 2.32. The fraction of sp³-hybridized carbons (Fsp3) is 0.600. The number of anilines is 1. The van der Waals surface area contributed by atoms with Crippen LogP contribution < -0.4 is 10.2 Å². The number of benzene rings is 1. The van der Waals surface area contributed by atoms with E-state index in [0.29, 0.717) is 6.54 Å². The number of nitrogens with zero attached hydrogens (tertiary/aromatic N) is 1. The minimum absolute atomic E-state index is 0.289. The normalized spacial score (nSPS) is 16.4. The molecule has 1 atom stereocenters. The molecule has 18 heavy (non-hydrogen) atoms. The molecule has 2 rings (SSSR count). The Hall–Kier alpha value is -1.06. The maximum Gasteiger partial charge on any atom is 0.0839 e. The van der Waals surface area contributed by atoms with Crippen molar-refractivity contribution in [3.8, 4) is 0 Å². The predicted molar refractivity (Wildman–Crippen MR) is 76.1 cm³/mol. The number of aliphatic hydroxyl groups excluding tert-OH is 1. The molecule has 2 N–H and O–H groups in total. The second kappa shape index (κ2) is 6.76. The van der Waals surface area contributed by atoms with Crippen LogP contribution in [0.2, 0.25) is 0 Å². The lowest BCUT2D eigenvalue weighted by atomic mass is 10.0. The van der Waals surface area contributed by atoms with Gasteiger partial charge in [-0.25, -0.2) is 0 Å². The quantitative estimate of drug-likeness (QED) is 0.754. The number of rotatable bonds is 6. The maximum absolute atomic E-state index is 10.0. The Bertz CT molecular complexity index is 367. The van der Waals surface area contributed by atoms with Crippen LogP contribution >= 0.6 is 0 Å². The Labute approximate surface area is 110 Å². The summed E-state index contributed by atoms with van der Waals surface area (Å²) in [5.74, 6) is 0. The number of fused-ring (bicyclic) bond motifs is 1. The first-order valence-corrected chi connectivity index (χ1v) is 7.03. The molecule has 0 amide bonds. The highest BCUT2D eigenvalue weighted by atomic mass is 16.3. The van der Waals surface area contributed by atoms with Crippen LogP contribution in [0.3, 0.4) is 0 Å². The van der Waals surface area contributed by atoms with Gasteiger partial charge in [-0.2, -0.15) is 0 Å². The summed E-state index contributed by atoms with van der Waals surface area (Å²) in [5.41, 5.74) is 2.72. The molecule has 1 aromatic rings. The molecule has 0 aromatic heterocycles. The van der Waals surface area contributed by atoms with Crippen molar-refractivity contribution in [2.24, 2.45) is 0 Å². The van der Waals surface area contributed by atoms with Crippen molar-refractivity contribution in [1.82, 2.24) is 5.32 Å². The van der Waals surface area contributed by atoms with Gasteiger partial charge in [-0.05, 0) is 37.4 Å². The van der Waals surface area contributed by atoms with Gasteiger partial charge in [0.1, 0.15) is 0 Å². The molecule has 1 heterocycles. The Kier molecular flexibility index (Phi) is 5.02. The smallest absolute Gasteiger partial charge is 0.0839 e. The van der Waals surface area contributed by atoms with E-state index in [9.17, 15) is 5.11 Å². The van der Waals surface area contributed by atoms with E-state index in [1.165, 1.54) is 17.7 Å². The van der Waals surface area contributed by atoms with Crippen molar-refractivity contribution in [1.29, 1.82) is 0 Å². The van der Waals surface area contributed by atoms with Crippen molar-refractivity contribution in [2.45, 2.75) is 32.3 Å². The Morgan fingerprint density at radius 2 is 2.22 bits per heavy atom. The lowest BCUT2D eigenvalue weighted by molar-refractivity contribution is 0.176. The van der Waals surface area contributed by atoms with Gasteiger partial charge in [0.25, 0.3) is 0 Å². The van der Waals surface area contributed by atoms with E-state index in [4.69, 9.17) is 0 Å². The van der Waals surface area contributed by atoms with Crippen LogP contribution in [0.15, 0.2) is 24.3 Å². The third kappa shape index (κ3) is 3.47. The Balaban J connectivity index is 1.90. The molecular weight excluding hydrogens is 224 g/mol. The van der Waals surface area contributed by atoms with E-state index in [2.05, 4.69) is 41.4 Å². The zero-order chi connectivity index (χ0) is 12.8. The fourth-order valence-electron chi connectivity index (χ4n) is 2.57. The average Bonchev–Trinajstić information content (AvgIpc) is 2.39. The van der Waals surface area contributed by atoms with E-state index >= 15 is 0 Å². The molecule has 0 radical (unpaired) electrons. The van der Waals surface area contributed by atoms with Crippen LogP contribution in [0.1, 0.15) is 25.3 Å². The molecule has 1 aliphatic rings. The van der Waals surface area contributed by atoms with Gasteiger partial charge in [-0.3, -0.25) is 0 Å². The number of β-amino-alcohol motifs (C(OH)–C–C–N with tert-alkyl or cyclic N) is 1. The van der Waals surface area contributed by atoms with Crippen LogP contribution in [0.5, 0.6) is 0 Å². The molecule has 0 bridgehead atoms. The molecule has 3 nitrogen and oxygen atoms in total. The van der Waals surface area contributed by atoms with Crippen molar-refractivity contribution >= 4 is 5.69 Å². The minimum atomic E-state index is -0.289. The summed E-state index contributed by atoms with van der Waals surface area (Å²) in [6, 6.07) is 8.55. The van der Waals surface area contributed by atoms with Gasteiger partial charge in [0.15, 0.2) is 0 Å². The van der Waals surface area contributed by atoms with Gasteiger partial charge in [-0.15, -0.1) is 0 Å². The van der Waals surface area contributed by atoms with Crippen molar-refractivity contribution in [3.05, 3.63) is 29.8 Å². The number of aryl methyl sites for hydroxylation is 1. The molecule has 0 aliphatic carbocycles. The van der Waals surface area contributed by atoms with E-state index in [-0.39, 0.29) is 6.10 Å². The number of hydrogen-bond donors (Lipinski definition) is 2. The molecule has 0 fully saturated rings. The van der Waals surface area contributed by atoms with Crippen LogP contribution in [0.25, 0.3) is 0 Å². The lowest BCUT2D eigenvalue weighted by Crippen LogP contribution is -2.40. The molecule has 1 aromatic carbocycles. The summed E-state index contributed by atoms with van der Waals surface area (Å²) >= 11 is 0. The second-order valence-electron chi connectivity index (χ2n) is 5.04. The fourth-order valence-corrected chi connectivity index (χ4v) is 2.57. The summed E-state index contributed by atoms with van der Waals surface area (Å²) < 4.78 is 0. The standard InChI is InChI=1S/C15H24N2O/c1-2-9-16-11-14(18)12-17-10-5-7-13-6-3-4-8-15(13)17/h3-4,6,8,14,16,18H,2,5,7,9-12H2,1H3. The summed E-state index contributed by atoms with van der Waals surface area (Å²) in [7, 11) is 0. The summed E-state index contributed by atoms with van der Waals surface area (Å²) in [6.45, 7) is 5.59. The van der Waals surface area contributed by atoms with Gasteiger partial charge in [0.05, 0.1) is 6.10 Å². The van der Waals surface area contributed by atoms with Gasteiger partial charge >= 0.3 is 0 Å². The van der Waals surface area contributed by atoms with Gasteiger partial charge in [0, 0.05) is 25.3 Å². The Morgan fingerprint density at radius 1 is 1.39 bits per heavy atom. The van der Waals surface area contributed by atoms with E-state index < -0.39 is 0 Å². The van der Waals surface area contributed by atoms with Crippen LogP contribution in [0.4, 0.5) is 5.69 Å².